The first-order chi connectivity index (χ1) is 11.9. The molecule has 0 radical (unpaired) electrons. The highest BCUT2D eigenvalue weighted by Crippen LogP contribution is 2.40. The van der Waals surface area contributed by atoms with Crippen LogP contribution in [0.4, 0.5) is 16.2 Å². The van der Waals surface area contributed by atoms with Crippen LogP contribution in [-0.2, 0) is 9.47 Å². The van der Waals surface area contributed by atoms with Gasteiger partial charge in [-0.1, -0.05) is 12.1 Å². The highest BCUT2D eigenvalue weighted by molar-refractivity contribution is 5.75. The molecule has 0 aliphatic carbocycles. The third kappa shape index (κ3) is 4.00. The summed E-state index contributed by atoms with van der Waals surface area (Å²) in [5, 5.41) is 0. The number of carbonyl (C=O) groups is 1. The number of morpholine rings is 1. The van der Waals surface area contributed by atoms with E-state index in [9.17, 15) is 4.79 Å². The number of anilines is 2. The van der Waals surface area contributed by atoms with Crippen molar-refractivity contribution in [2.24, 2.45) is 0 Å². The van der Waals surface area contributed by atoms with Crippen molar-refractivity contribution in [3.05, 3.63) is 23.8 Å². The largest absolute Gasteiger partial charge is 0.444 e. The fourth-order valence-corrected chi connectivity index (χ4v) is 3.63. The van der Waals surface area contributed by atoms with Gasteiger partial charge in [0.25, 0.3) is 0 Å². The van der Waals surface area contributed by atoms with Crippen molar-refractivity contribution in [2.75, 3.05) is 43.5 Å². The molecule has 138 valence electrons. The van der Waals surface area contributed by atoms with Gasteiger partial charge in [0.2, 0.25) is 0 Å². The molecular formula is C19H29N3O3. The molecule has 0 aromatic heterocycles. The van der Waals surface area contributed by atoms with Crippen molar-refractivity contribution >= 4 is 17.5 Å². The van der Waals surface area contributed by atoms with E-state index in [4.69, 9.17) is 15.2 Å². The normalized spacial score (nSPS) is 21.5. The Morgan fingerprint density at radius 1 is 1.24 bits per heavy atom. The molecule has 1 amide bonds. The summed E-state index contributed by atoms with van der Waals surface area (Å²) >= 11 is 0. The maximum absolute atomic E-state index is 12.7. The summed E-state index contributed by atoms with van der Waals surface area (Å²) in [5.41, 5.74) is 8.76. The van der Waals surface area contributed by atoms with Gasteiger partial charge in [0.15, 0.2) is 0 Å². The lowest BCUT2D eigenvalue weighted by molar-refractivity contribution is 0.0224. The van der Waals surface area contributed by atoms with Gasteiger partial charge in [-0.05, 0) is 39.7 Å². The lowest BCUT2D eigenvalue weighted by Gasteiger charge is -2.35. The molecule has 6 nitrogen and oxygen atoms in total. The van der Waals surface area contributed by atoms with Crippen molar-refractivity contribution in [3.63, 3.8) is 0 Å². The van der Waals surface area contributed by atoms with Crippen LogP contribution in [-0.4, -0.2) is 49.4 Å². The molecule has 0 unspecified atom stereocenters. The van der Waals surface area contributed by atoms with Gasteiger partial charge in [-0.2, -0.15) is 0 Å². The fraction of sp³-hybridized carbons (Fsp3) is 0.632. The van der Waals surface area contributed by atoms with Crippen molar-refractivity contribution in [2.45, 2.75) is 45.3 Å². The van der Waals surface area contributed by atoms with Crippen LogP contribution in [0.3, 0.4) is 0 Å². The highest BCUT2D eigenvalue weighted by atomic mass is 16.6. The number of hydrogen-bond acceptors (Lipinski definition) is 5. The van der Waals surface area contributed by atoms with E-state index in [1.165, 1.54) is 0 Å². The Hall–Kier alpha value is -1.95. The van der Waals surface area contributed by atoms with Crippen LogP contribution >= 0.6 is 0 Å². The monoisotopic (exact) mass is 347 g/mol. The van der Waals surface area contributed by atoms with Gasteiger partial charge in [0.05, 0.1) is 30.6 Å². The van der Waals surface area contributed by atoms with Crippen molar-refractivity contribution in [1.82, 2.24) is 4.90 Å². The predicted octanol–water partition coefficient (Wildman–Crippen LogP) is 3.18. The lowest BCUT2D eigenvalue weighted by Crippen LogP contribution is -2.39. The number of para-hydroxylation sites is 1. The van der Waals surface area contributed by atoms with Gasteiger partial charge < -0.3 is 25.0 Å². The van der Waals surface area contributed by atoms with E-state index in [1.54, 1.807) is 0 Å². The molecule has 0 bridgehead atoms. The van der Waals surface area contributed by atoms with Crippen LogP contribution < -0.4 is 10.6 Å². The third-order valence-corrected chi connectivity index (χ3v) is 4.67. The molecule has 1 atom stereocenters. The number of likely N-dealkylation sites (tertiary alicyclic amines) is 1. The van der Waals surface area contributed by atoms with E-state index < -0.39 is 5.60 Å². The maximum Gasteiger partial charge on any atom is 0.410 e. The number of benzene rings is 1. The van der Waals surface area contributed by atoms with Crippen molar-refractivity contribution in [1.29, 1.82) is 0 Å². The average Bonchev–Trinajstić information content (AvgIpc) is 3.03. The van der Waals surface area contributed by atoms with E-state index in [2.05, 4.69) is 11.0 Å². The standard InChI is InChI=1S/C19H29N3O3/c1-19(2,3)25-18(23)22-9-5-8-16(22)14-6-4-7-15(20)17(14)21-10-12-24-13-11-21/h4,6-7,16H,5,8-13,20H2,1-3H3/t16-/m1/s1. The second kappa shape index (κ2) is 7.12. The molecule has 2 aliphatic heterocycles. The molecular weight excluding hydrogens is 318 g/mol. The molecule has 2 fully saturated rings. The number of hydrogen-bond donors (Lipinski definition) is 1. The molecule has 2 heterocycles. The quantitative estimate of drug-likeness (QED) is 0.832. The van der Waals surface area contributed by atoms with Crippen molar-refractivity contribution in [3.8, 4) is 0 Å². The van der Waals surface area contributed by atoms with E-state index >= 15 is 0 Å². The second-order valence-electron chi connectivity index (χ2n) is 7.72. The van der Waals surface area contributed by atoms with E-state index in [-0.39, 0.29) is 12.1 Å². The number of amides is 1. The Morgan fingerprint density at radius 2 is 1.96 bits per heavy atom. The number of nitrogens with two attached hydrogens (primary N) is 1. The third-order valence-electron chi connectivity index (χ3n) is 4.67. The lowest BCUT2D eigenvalue weighted by atomic mass is 10.00. The van der Waals surface area contributed by atoms with Gasteiger partial charge in [-0.15, -0.1) is 0 Å². The predicted molar refractivity (Wildman–Crippen MR) is 98.8 cm³/mol. The number of ether oxygens (including phenoxy) is 2. The molecule has 0 spiro atoms. The first-order valence-corrected chi connectivity index (χ1v) is 9.07. The van der Waals surface area contributed by atoms with Gasteiger partial charge >= 0.3 is 6.09 Å². The highest BCUT2D eigenvalue weighted by Gasteiger charge is 2.35. The molecule has 3 rings (SSSR count). The molecule has 0 saturated carbocycles. The average molecular weight is 347 g/mol. The van der Waals surface area contributed by atoms with Crippen LogP contribution in [0.1, 0.15) is 45.2 Å². The zero-order valence-electron chi connectivity index (χ0n) is 15.5. The Balaban J connectivity index is 1.89. The molecule has 2 saturated heterocycles. The molecule has 25 heavy (non-hydrogen) atoms. The summed E-state index contributed by atoms with van der Waals surface area (Å²) in [5.74, 6) is 0. The maximum atomic E-state index is 12.7. The van der Waals surface area contributed by atoms with Crippen LogP contribution in [0, 0.1) is 0 Å². The Bertz CT molecular complexity index is 621. The molecule has 2 aliphatic rings. The molecule has 6 heteroatoms. The Kier molecular flexibility index (Phi) is 5.08. The minimum atomic E-state index is -0.493. The summed E-state index contributed by atoms with van der Waals surface area (Å²) in [7, 11) is 0. The van der Waals surface area contributed by atoms with Crippen LogP contribution in [0.15, 0.2) is 18.2 Å². The van der Waals surface area contributed by atoms with Crippen LogP contribution in [0.5, 0.6) is 0 Å². The first-order valence-electron chi connectivity index (χ1n) is 9.07. The van der Waals surface area contributed by atoms with Crippen molar-refractivity contribution < 1.29 is 14.3 Å². The summed E-state index contributed by atoms with van der Waals surface area (Å²) in [4.78, 5) is 16.8. The summed E-state index contributed by atoms with van der Waals surface area (Å²) in [6, 6.07) is 6.01. The number of carbonyl (C=O) groups excluding carboxylic acids is 1. The van der Waals surface area contributed by atoms with Gasteiger partial charge in [-0.25, -0.2) is 4.79 Å². The topological polar surface area (TPSA) is 68.0 Å². The van der Waals surface area contributed by atoms with E-state index in [0.717, 1.165) is 49.4 Å². The second-order valence-corrected chi connectivity index (χ2v) is 7.72. The number of nitrogen functional groups attached to an aromatic ring is 1. The summed E-state index contributed by atoms with van der Waals surface area (Å²) in [6.45, 7) is 9.46. The minimum absolute atomic E-state index is 0.0104. The zero-order chi connectivity index (χ0) is 18.0. The van der Waals surface area contributed by atoms with Crippen LogP contribution in [0.2, 0.25) is 0 Å². The summed E-state index contributed by atoms with van der Waals surface area (Å²) in [6.07, 6.45) is 1.66. The molecule has 1 aromatic carbocycles. The number of rotatable bonds is 2. The van der Waals surface area contributed by atoms with Gasteiger partial charge in [0.1, 0.15) is 5.60 Å². The molecule has 2 N–H and O–H groups in total. The van der Waals surface area contributed by atoms with E-state index in [1.807, 2.05) is 37.8 Å². The minimum Gasteiger partial charge on any atom is -0.444 e. The molecule has 1 aromatic rings. The Labute approximate surface area is 149 Å². The Morgan fingerprint density at radius 3 is 2.64 bits per heavy atom. The SMILES string of the molecule is CC(C)(C)OC(=O)N1CCC[C@@H]1c1cccc(N)c1N1CCOCC1. The first kappa shape index (κ1) is 17.9. The van der Waals surface area contributed by atoms with Crippen LogP contribution in [0.25, 0.3) is 0 Å². The van der Waals surface area contributed by atoms with Gasteiger partial charge in [0, 0.05) is 25.2 Å². The smallest absolute Gasteiger partial charge is 0.410 e. The van der Waals surface area contributed by atoms with E-state index in [0.29, 0.717) is 13.2 Å². The van der Waals surface area contributed by atoms with Gasteiger partial charge in [-0.3, -0.25) is 0 Å². The zero-order valence-corrected chi connectivity index (χ0v) is 15.5. The fourth-order valence-electron chi connectivity index (χ4n) is 3.63. The summed E-state index contributed by atoms with van der Waals surface area (Å²) < 4.78 is 11.1. The number of nitrogens with zero attached hydrogens (tertiary/aromatic N) is 2.